The van der Waals surface area contributed by atoms with Gasteiger partial charge < -0.3 is 9.64 Å². The molecule has 1 fully saturated rings. The number of benzene rings is 2. The summed E-state index contributed by atoms with van der Waals surface area (Å²) in [5, 5.41) is 0. The van der Waals surface area contributed by atoms with Crippen molar-refractivity contribution in [2.45, 2.75) is 32.0 Å². The molecular weight excluding hydrogens is 334 g/mol. The second-order valence-corrected chi connectivity index (χ2v) is 7.47. The highest BCUT2D eigenvalue weighted by Crippen LogP contribution is 2.32. The van der Waals surface area contributed by atoms with Crippen molar-refractivity contribution in [3.63, 3.8) is 0 Å². The molecule has 1 saturated carbocycles. The summed E-state index contributed by atoms with van der Waals surface area (Å²) in [6.45, 7) is 0. The predicted octanol–water partition coefficient (Wildman–Crippen LogP) is 4.22. The van der Waals surface area contributed by atoms with Crippen LogP contribution in [-0.4, -0.2) is 31.1 Å². The van der Waals surface area contributed by atoms with Gasteiger partial charge in [0, 0.05) is 24.9 Å². The molecule has 27 heavy (non-hydrogen) atoms. The van der Waals surface area contributed by atoms with Crippen LogP contribution in [0.2, 0.25) is 0 Å². The summed E-state index contributed by atoms with van der Waals surface area (Å²) in [5.74, 6) is 1.33. The third-order valence-electron chi connectivity index (χ3n) is 5.57. The molecule has 1 heterocycles. The first-order valence-electron chi connectivity index (χ1n) is 9.63. The molecule has 0 radical (unpaired) electrons. The largest absolute Gasteiger partial charge is 0.497 e. The maximum atomic E-state index is 6.15. The van der Waals surface area contributed by atoms with Crippen LogP contribution in [0, 0.1) is 5.92 Å². The first-order chi connectivity index (χ1) is 13.1. The molecular formula is C23H27N3O. The lowest BCUT2D eigenvalue weighted by Crippen LogP contribution is -2.41. The summed E-state index contributed by atoms with van der Waals surface area (Å²) >= 11 is 0. The van der Waals surface area contributed by atoms with Crippen LogP contribution in [0.1, 0.15) is 24.8 Å². The lowest BCUT2D eigenvalue weighted by atomic mass is 9.79. The van der Waals surface area contributed by atoms with Gasteiger partial charge in [-0.25, -0.2) is 4.99 Å². The zero-order valence-electron chi connectivity index (χ0n) is 16.1. The standard InChI is InChI=1S/C23H27N3O/c1-26-15-20-10-4-9-19(22(20)25-23(26)24)13-16-6-3-7-17(12-16)18-8-5-11-21(14-18)27-2/h3,5-8,11-12,14-15,19,23H,4,9-10,13,24H2,1-2H3. The molecule has 2 aliphatic rings. The van der Waals surface area contributed by atoms with E-state index >= 15 is 0 Å². The monoisotopic (exact) mass is 361 g/mol. The molecule has 2 aromatic rings. The fraction of sp³-hybridized carbons (Fsp3) is 0.348. The summed E-state index contributed by atoms with van der Waals surface area (Å²) in [6.07, 6.45) is 6.43. The average molecular weight is 361 g/mol. The van der Waals surface area contributed by atoms with Gasteiger partial charge in [0.1, 0.15) is 5.75 Å². The summed E-state index contributed by atoms with van der Waals surface area (Å²) < 4.78 is 5.37. The topological polar surface area (TPSA) is 50.9 Å². The Morgan fingerprint density at radius 1 is 1.15 bits per heavy atom. The highest BCUT2D eigenvalue weighted by Gasteiger charge is 2.28. The summed E-state index contributed by atoms with van der Waals surface area (Å²) in [7, 11) is 3.70. The first-order valence-corrected chi connectivity index (χ1v) is 9.63. The van der Waals surface area contributed by atoms with E-state index in [1.807, 2.05) is 24.1 Å². The number of nitrogens with two attached hydrogens (primary N) is 1. The Labute approximate surface area is 161 Å². The van der Waals surface area contributed by atoms with Crippen LogP contribution in [0.4, 0.5) is 0 Å². The van der Waals surface area contributed by atoms with Gasteiger partial charge in [0.25, 0.3) is 0 Å². The fourth-order valence-corrected chi connectivity index (χ4v) is 4.10. The van der Waals surface area contributed by atoms with E-state index in [9.17, 15) is 0 Å². The molecule has 0 saturated heterocycles. The van der Waals surface area contributed by atoms with Crippen LogP contribution in [0.5, 0.6) is 5.75 Å². The van der Waals surface area contributed by atoms with Gasteiger partial charge in [0.2, 0.25) is 0 Å². The van der Waals surface area contributed by atoms with Crippen molar-refractivity contribution in [3.05, 3.63) is 65.9 Å². The van der Waals surface area contributed by atoms with Gasteiger partial charge in [0.05, 0.1) is 7.11 Å². The number of ether oxygens (including phenoxy) is 1. The van der Waals surface area contributed by atoms with E-state index in [4.69, 9.17) is 15.5 Å². The zero-order chi connectivity index (χ0) is 18.8. The molecule has 140 valence electrons. The van der Waals surface area contributed by atoms with Crippen LogP contribution >= 0.6 is 0 Å². The maximum Gasteiger partial charge on any atom is 0.173 e. The Balaban J connectivity index is 1.58. The van der Waals surface area contributed by atoms with Gasteiger partial charge in [-0.1, -0.05) is 36.4 Å². The first kappa shape index (κ1) is 17.8. The minimum atomic E-state index is -0.257. The van der Waals surface area contributed by atoms with E-state index in [2.05, 4.69) is 42.6 Å². The quantitative estimate of drug-likeness (QED) is 0.887. The number of hydrogen-bond donors (Lipinski definition) is 1. The van der Waals surface area contributed by atoms with Crippen molar-refractivity contribution in [2.75, 3.05) is 14.2 Å². The Morgan fingerprint density at radius 2 is 1.93 bits per heavy atom. The Bertz CT molecular complexity index is 887. The number of allylic oxidation sites excluding steroid dienone is 1. The number of aliphatic imine (C=N–C) groups is 1. The number of fused-ring (bicyclic) bond motifs is 1. The molecule has 2 N–H and O–H groups in total. The van der Waals surface area contributed by atoms with Crippen LogP contribution in [0.15, 0.2) is 65.3 Å². The predicted molar refractivity (Wildman–Crippen MR) is 111 cm³/mol. The summed E-state index contributed by atoms with van der Waals surface area (Å²) in [5.41, 5.74) is 12.5. The highest BCUT2D eigenvalue weighted by atomic mass is 16.5. The lowest BCUT2D eigenvalue weighted by molar-refractivity contribution is 0.333. The average Bonchev–Trinajstić information content (AvgIpc) is 2.70. The van der Waals surface area contributed by atoms with E-state index in [0.717, 1.165) is 18.6 Å². The van der Waals surface area contributed by atoms with Crippen LogP contribution in [-0.2, 0) is 6.42 Å². The van der Waals surface area contributed by atoms with Crippen molar-refractivity contribution in [3.8, 4) is 16.9 Å². The van der Waals surface area contributed by atoms with E-state index in [0.29, 0.717) is 5.92 Å². The smallest absolute Gasteiger partial charge is 0.173 e. The third-order valence-corrected chi connectivity index (χ3v) is 5.57. The van der Waals surface area contributed by atoms with Crippen molar-refractivity contribution < 1.29 is 4.74 Å². The Morgan fingerprint density at radius 3 is 2.74 bits per heavy atom. The Hall–Kier alpha value is -2.59. The van der Waals surface area contributed by atoms with Crippen molar-refractivity contribution >= 4 is 5.71 Å². The van der Waals surface area contributed by atoms with Crippen LogP contribution in [0.25, 0.3) is 11.1 Å². The van der Waals surface area contributed by atoms with Gasteiger partial charge >= 0.3 is 0 Å². The molecule has 0 spiro atoms. The normalized spacial score (nSPS) is 22.0. The summed E-state index contributed by atoms with van der Waals surface area (Å²) in [4.78, 5) is 6.81. The molecule has 1 aliphatic carbocycles. The molecule has 4 rings (SSSR count). The molecule has 2 unspecified atom stereocenters. The highest BCUT2D eigenvalue weighted by molar-refractivity contribution is 6.03. The van der Waals surface area contributed by atoms with E-state index < -0.39 is 0 Å². The maximum absolute atomic E-state index is 6.15. The molecule has 0 amide bonds. The van der Waals surface area contributed by atoms with Crippen LogP contribution in [0.3, 0.4) is 0 Å². The molecule has 2 atom stereocenters. The molecule has 4 heteroatoms. The van der Waals surface area contributed by atoms with E-state index in [1.54, 1.807) is 7.11 Å². The second kappa shape index (κ2) is 7.57. The zero-order valence-corrected chi connectivity index (χ0v) is 16.1. The minimum Gasteiger partial charge on any atom is -0.497 e. The van der Waals surface area contributed by atoms with Gasteiger partial charge in [-0.2, -0.15) is 0 Å². The van der Waals surface area contributed by atoms with Gasteiger partial charge in [0.15, 0.2) is 6.29 Å². The SMILES string of the molecule is COc1cccc(-c2cccc(CC3CCCC4=CN(C)C(N)N=C43)c2)c1. The number of methoxy groups -OCH3 is 1. The molecule has 4 nitrogen and oxygen atoms in total. The van der Waals surface area contributed by atoms with Gasteiger partial charge in [-0.15, -0.1) is 0 Å². The second-order valence-electron chi connectivity index (χ2n) is 7.47. The molecule has 0 bridgehead atoms. The van der Waals surface area contributed by atoms with E-state index in [1.165, 1.54) is 40.8 Å². The number of hydrogen-bond acceptors (Lipinski definition) is 4. The van der Waals surface area contributed by atoms with E-state index in [-0.39, 0.29) is 6.29 Å². The van der Waals surface area contributed by atoms with Gasteiger partial charge in [-0.05, 0) is 60.1 Å². The van der Waals surface area contributed by atoms with Crippen molar-refractivity contribution in [1.82, 2.24) is 4.90 Å². The van der Waals surface area contributed by atoms with Crippen molar-refractivity contribution in [1.29, 1.82) is 0 Å². The van der Waals surface area contributed by atoms with Crippen molar-refractivity contribution in [2.24, 2.45) is 16.6 Å². The minimum absolute atomic E-state index is 0.257. The van der Waals surface area contributed by atoms with Crippen LogP contribution < -0.4 is 10.5 Å². The number of rotatable bonds is 4. The molecule has 2 aromatic carbocycles. The third kappa shape index (κ3) is 3.76. The Kier molecular flexibility index (Phi) is 4.99. The molecule has 0 aromatic heterocycles. The summed E-state index contributed by atoms with van der Waals surface area (Å²) in [6, 6.07) is 17.0. The fourth-order valence-electron chi connectivity index (χ4n) is 4.10. The van der Waals surface area contributed by atoms with Gasteiger partial charge in [-0.3, -0.25) is 5.73 Å². The lowest BCUT2D eigenvalue weighted by Gasteiger charge is -2.34. The number of nitrogens with zero attached hydrogens (tertiary/aromatic N) is 2. The molecule has 1 aliphatic heterocycles.